The summed E-state index contributed by atoms with van der Waals surface area (Å²) in [7, 11) is -3.94. The van der Waals surface area contributed by atoms with Gasteiger partial charge in [0.2, 0.25) is 10.0 Å². The van der Waals surface area contributed by atoms with Gasteiger partial charge in [-0.15, -0.1) is 0 Å². The van der Waals surface area contributed by atoms with Gasteiger partial charge in [-0.25, -0.2) is 22.9 Å². The molecule has 0 aliphatic rings. The number of nitrogens with one attached hydrogen (secondary N) is 2. The Morgan fingerprint density at radius 1 is 1.50 bits per heavy atom. The highest BCUT2D eigenvalue weighted by atomic mass is 79.9. The number of halogens is 1. The third-order valence-electron chi connectivity index (χ3n) is 2.65. The first-order valence-electron chi connectivity index (χ1n) is 7.06. The number of esters is 1. The van der Waals surface area contributed by atoms with Gasteiger partial charge in [-0.05, 0) is 49.7 Å². The van der Waals surface area contributed by atoms with Crippen LogP contribution in [0.5, 0.6) is 0 Å². The first-order valence-corrected chi connectivity index (χ1v) is 9.33. The summed E-state index contributed by atoms with van der Waals surface area (Å²) in [6, 6.07) is 0.629. The molecule has 1 heterocycles. The summed E-state index contributed by atoms with van der Waals surface area (Å²) >= 11 is 3.14. The lowest BCUT2D eigenvalue weighted by molar-refractivity contribution is -0.146. The molecule has 10 heteroatoms. The van der Waals surface area contributed by atoms with Gasteiger partial charge in [0.1, 0.15) is 22.0 Å². The number of nitrogens with two attached hydrogens (primary N) is 1. The lowest BCUT2D eigenvalue weighted by atomic mass is 10.1. The van der Waals surface area contributed by atoms with E-state index in [0.717, 1.165) is 0 Å². The van der Waals surface area contributed by atoms with Crippen molar-refractivity contribution in [2.75, 3.05) is 5.73 Å². The Hall–Kier alpha value is -1.52. The highest BCUT2D eigenvalue weighted by Crippen LogP contribution is 2.21. The molecule has 0 bridgehead atoms. The Morgan fingerprint density at radius 3 is 2.62 bits per heavy atom. The third kappa shape index (κ3) is 6.17. The number of hydrogen-bond donors (Lipinski definition) is 3. The fourth-order valence-electron chi connectivity index (χ4n) is 1.75. The summed E-state index contributed by atoms with van der Waals surface area (Å²) in [6.07, 6.45) is 1.27. The Balaban J connectivity index is 2.80. The number of pyridine rings is 1. The summed E-state index contributed by atoms with van der Waals surface area (Å²) in [5.41, 5.74) is 4.56. The monoisotopic (exact) mass is 420 g/mol. The van der Waals surface area contributed by atoms with Gasteiger partial charge in [-0.1, -0.05) is 0 Å². The van der Waals surface area contributed by atoms with Crippen LogP contribution in [0.25, 0.3) is 0 Å². The fraction of sp³-hybridized carbons (Fsp3) is 0.500. The van der Waals surface area contributed by atoms with Gasteiger partial charge in [-0.3, -0.25) is 5.41 Å². The largest absolute Gasteiger partial charge is 0.456 e. The number of anilines is 1. The van der Waals surface area contributed by atoms with E-state index in [2.05, 4.69) is 25.6 Å². The predicted octanol–water partition coefficient (Wildman–Crippen LogP) is 1.84. The predicted molar refractivity (Wildman–Crippen MR) is 94.3 cm³/mol. The quantitative estimate of drug-likeness (QED) is 0.474. The molecule has 0 fully saturated rings. The molecule has 0 saturated carbocycles. The molecule has 0 aromatic carbocycles. The van der Waals surface area contributed by atoms with Gasteiger partial charge in [0, 0.05) is 23.1 Å². The fourth-order valence-corrected chi connectivity index (χ4v) is 3.58. The molecular formula is C14H21BrN4O4S. The molecule has 0 amide bonds. The van der Waals surface area contributed by atoms with E-state index >= 15 is 0 Å². The van der Waals surface area contributed by atoms with Crippen molar-refractivity contribution in [2.24, 2.45) is 0 Å². The smallest absolute Gasteiger partial charge is 0.352 e. The van der Waals surface area contributed by atoms with Crippen LogP contribution in [0.2, 0.25) is 0 Å². The van der Waals surface area contributed by atoms with E-state index in [1.807, 2.05) is 0 Å². The molecule has 0 aliphatic carbocycles. The third-order valence-corrected chi connectivity index (χ3v) is 4.70. The van der Waals surface area contributed by atoms with Crippen molar-refractivity contribution in [3.05, 3.63) is 16.7 Å². The molecule has 0 saturated heterocycles. The standard InChI is InChI=1S/C14H21BrN4O4S/c1-8(5-10(16)13(20)23-14(2,3)4)19-24(21,22)11-6-9(15)7-18-12(11)17/h6-8,16,19H,5H2,1-4H3,(H2,17,18)/t8-/m1/s1. The van der Waals surface area contributed by atoms with Crippen LogP contribution in [0.1, 0.15) is 34.1 Å². The first-order chi connectivity index (χ1) is 10.8. The highest BCUT2D eigenvalue weighted by Gasteiger charge is 2.25. The van der Waals surface area contributed by atoms with Crippen molar-refractivity contribution < 1.29 is 17.9 Å². The van der Waals surface area contributed by atoms with Crippen molar-refractivity contribution in [3.8, 4) is 0 Å². The lowest BCUT2D eigenvalue weighted by Crippen LogP contribution is -2.37. The normalized spacial score (nSPS) is 13.4. The van der Waals surface area contributed by atoms with E-state index in [4.69, 9.17) is 15.9 Å². The van der Waals surface area contributed by atoms with E-state index in [1.54, 1.807) is 20.8 Å². The molecule has 24 heavy (non-hydrogen) atoms. The molecule has 134 valence electrons. The second-order valence-electron chi connectivity index (χ2n) is 6.24. The number of carbonyl (C=O) groups excluding carboxylic acids is 1. The van der Waals surface area contributed by atoms with Crippen LogP contribution in [0.3, 0.4) is 0 Å². The summed E-state index contributed by atoms with van der Waals surface area (Å²) in [4.78, 5) is 15.4. The molecule has 0 aliphatic heterocycles. The van der Waals surface area contributed by atoms with Crippen LogP contribution >= 0.6 is 15.9 Å². The minimum Gasteiger partial charge on any atom is -0.456 e. The number of aromatic nitrogens is 1. The maximum Gasteiger partial charge on any atom is 0.352 e. The van der Waals surface area contributed by atoms with Crippen LogP contribution in [-0.4, -0.2) is 36.7 Å². The van der Waals surface area contributed by atoms with Crippen LogP contribution < -0.4 is 10.5 Å². The maximum atomic E-state index is 12.4. The average molecular weight is 421 g/mol. The minimum atomic E-state index is -3.94. The molecule has 1 aromatic rings. The summed E-state index contributed by atoms with van der Waals surface area (Å²) in [5, 5.41) is 7.74. The van der Waals surface area contributed by atoms with Crippen molar-refractivity contribution in [2.45, 2.75) is 50.7 Å². The summed E-state index contributed by atoms with van der Waals surface area (Å²) < 4.78 is 32.6. The molecule has 8 nitrogen and oxygen atoms in total. The topological polar surface area (TPSA) is 135 Å². The average Bonchev–Trinajstić information content (AvgIpc) is 2.38. The molecule has 4 N–H and O–H groups in total. The van der Waals surface area contributed by atoms with Crippen LogP contribution in [-0.2, 0) is 19.6 Å². The Labute approximate surface area is 149 Å². The zero-order chi connectivity index (χ0) is 18.7. The van der Waals surface area contributed by atoms with Crippen LogP contribution in [0, 0.1) is 5.41 Å². The number of rotatable bonds is 6. The van der Waals surface area contributed by atoms with Crippen molar-refractivity contribution >= 4 is 43.5 Å². The number of hydrogen-bond acceptors (Lipinski definition) is 7. The van der Waals surface area contributed by atoms with Crippen molar-refractivity contribution in [3.63, 3.8) is 0 Å². The SMILES string of the molecule is C[C@H](CC(=N)C(=O)OC(C)(C)C)NS(=O)(=O)c1cc(Br)cnc1N. The molecule has 1 aromatic heterocycles. The maximum absolute atomic E-state index is 12.4. The number of nitrogens with zero attached hydrogens (tertiary/aromatic N) is 1. The van der Waals surface area contributed by atoms with Gasteiger partial charge < -0.3 is 10.5 Å². The van der Waals surface area contributed by atoms with Crippen LogP contribution in [0.4, 0.5) is 5.82 Å². The van der Waals surface area contributed by atoms with Crippen molar-refractivity contribution in [1.29, 1.82) is 5.41 Å². The minimum absolute atomic E-state index is 0.116. The van der Waals surface area contributed by atoms with E-state index in [0.29, 0.717) is 4.47 Å². The number of carbonyl (C=O) groups is 1. The highest BCUT2D eigenvalue weighted by molar-refractivity contribution is 9.10. The van der Waals surface area contributed by atoms with Gasteiger partial charge in [0.25, 0.3) is 0 Å². The molecule has 1 rings (SSSR count). The molecule has 0 unspecified atom stereocenters. The Kier molecular flexibility index (Phi) is 6.48. The zero-order valence-electron chi connectivity index (χ0n) is 13.9. The van der Waals surface area contributed by atoms with E-state index in [9.17, 15) is 13.2 Å². The Morgan fingerprint density at radius 2 is 2.08 bits per heavy atom. The summed E-state index contributed by atoms with van der Waals surface area (Å²) in [5.74, 6) is -0.919. The molecular weight excluding hydrogens is 400 g/mol. The van der Waals surface area contributed by atoms with E-state index in [-0.39, 0.29) is 22.8 Å². The lowest BCUT2D eigenvalue weighted by Gasteiger charge is -2.21. The van der Waals surface area contributed by atoms with Gasteiger partial charge in [0.15, 0.2) is 0 Å². The number of nitrogen functional groups attached to an aromatic ring is 1. The second-order valence-corrected chi connectivity index (χ2v) is 8.84. The molecule has 1 atom stereocenters. The van der Waals surface area contributed by atoms with E-state index < -0.39 is 27.6 Å². The molecule has 0 spiro atoms. The zero-order valence-corrected chi connectivity index (χ0v) is 16.3. The second kappa shape index (κ2) is 7.58. The first kappa shape index (κ1) is 20.5. The van der Waals surface area contributed by atoms with Gasteiger partial charge in [0.05, 0.1) is 0 Å². The molecule has 0 radical (unpaired) electrons. The van der Waals surface area contributed by atoms with Gasteiger partial charge in [-0.2, -0.15) is 0 Å². The number of sulfonamides is 1. The number of ether oxygens (including phenoxy) is 1. The van der Waals surface area contributed by atoms with Gasteiger partial charge >= 0.3 is 5.97 Å². The van der Waals surface area contributed by atoms with Crippen molar-refractivity contribution in [1.82, 2.24) is 9.71 Å². The van der Waals surface area contributed by atoms with E-state index in [1.165, 1.54) is 19.2 Å². The Bertz CT molecular complexity index is 744. The van der Waals surface area contributed by atoms with Crippen LogP contribution in [0.15, 0.2) is 21.6 Å². The summed E-state index contributed by atoms with van der Waals surface area (Å²) in [6.45, 7) is 6.60.